The van der Waals surface area contributed by atoms with Crippen LogP contribution in [0, 0.1) is 0 Å². The van der Waals surface area contributed by atoms with Crippen LogP contribution in [0.3, 0.4) is 0 Å². The molecule has 4 nitrogen and oxygen atoms in total. The molecule has 0 bridgehead atoms. The lowest BCUT2D eigenvalue weighted by atomic mass is 9.67. The van der Waals surface area contributed by atoms with E-state index in [0.717, 1.165) is 44.8 Å². The first-order chi connectivity index (χ1) is 29.3. The molecule has 59 heavy (non-hydrogen) atoms. The van der Waals surface area contributed by atoms with Crippen LogP contribution < -0.4 is 0 Å². The molecule has 1 aliphatic carbocycles. The van der Waals surface area contributed by atoms with Crippen molar-refractivity contribution >= 4 is 10.8 Å². The standard InChI is InChI=1S/C49H32N4.3C2H6/c1-3-13-38(14-4-1)49(39-15-5-2-6-16-39)44-27-33(34-20-23-46(52-31-34)36-11-9-25-50-29-36)19-22-42(44)48-41-18-8-7-17-40(41)43(28-45(48)49)35-21-24-47(53-32-35)37-12-10-26-51-30-37;3*1-2/h1-32H;3*1-2H3. The molecule has 0 amide bonds. The molecule has 5 aromatic carbocycles. The predicted octanol–water partition coefficient (Wildman–Crippen LogP) is 14.5. The quantitative estimate of drug-likeness (QED) is 0.169. The molecule has 1 aliphatic rings. The van der Waals surface area contributed by atoms with E-state index in [1.54, 1.807) is 12.4 Å². The molecule has 290 valence electrons. The summed E-state index contributed by atoms with van der Waals surface area (Å²) in [7, 11) is 0. The van der Waals surface area contributed by atoms with E-state index in [1.807, 2.05) is 90.6 Å². The zero-order valence-electron chi connectivity index (χ0n) is 34.8. The minimum atomic E-state index is -0.589. The summed E-state index contributed by atoms with van der Waals surface area (Å²) < 4.78 is 0. The second kappa shape index (κ2) is 18.5. The van der Waals surface area contributed by atoms with Crippen molar-refractivity contribution in [3.05, 3.63) is 217 Å². The summed E-state index contributed by atoms with van der Waals surface area (Å²) in [6, 6.07) is 56.7. The lowest BCUT2D eigenvalue weighted by molar-refractivity contribution is 0.769. The van der Waals surface area contributed by atoms with E-state index in [4.69, 9.17) is 9.97 Å². The van der Waals surface area contributed by atoms with Crippen LogP contribution in [0.15, 0.2) is 195 Å². The number of nitrogens with zero attached hydrogens (tertiary/aromatic N) is 4. The van der Waals surface area contributed by atoms with Crippen LogP contribution in [0.25, 0.3) is 66.7 Å². The van der Waals surface area contributed by atoms with E-state index >= 15 is 0 Å². The van der Waals surface area contributed by atoms with Gasteiger partial charge in [0.2, 0.25) is 0 Å². The number of hydrogen-bond donors (Lipinski definition) is 0. The summed E-state index contributed by atoms with van der Waals surface area (Å²) in [4.78, 5) is 18.4. The third-order valence-corrected chi connectivity index (χ3v) is 10.6. The Kier molecular flexibility index (Phi) is 12.6. The molecule has 0 unspecified atom stereocenters. The predicted molar refractivity (Wildman–Crippen MR) is 248 cm³/mol. The normalized spacial score (nSPS) is 11.7. The van der Waals surface area contributed by atoms with Crippen molar-refractivity contribution < 1.29 is 0 Å². The number of aromatic nitrogens is 4. The molecule has 0 spiro atoms. The van der Waals surface area contributed by atoms with Gasteiger partial charge in [-0.15, -0.1) is 0 Å². The van der Waals surface area contributed by atoms with Crippen LogP contribution >= 0.6 is 0 Å². The fourth-order valence-corrected chi connectivity index (χ4v) is 8.25. The van der Waals surface area contributed by atoms with Crippen molar-refractivity contribution in [1.29, 1.82) is 0 Å². The van der Waals surface area contributed by atoms with Crippen LogP contribution in [0.1, 0.15) is 63.8 Å². The van der Waals surface area contributed by atoms with Crippen LogP contribution in [0.5, 0.6) is 0 Å². The van der Waals surface area contributed by atoms with Crippen molar-refractivity contribution in [2.45, 2.75) is 47.0 Å². The minimum Gasteiger partial charge on any atom is -0.264 e. The average Bonchev–Trinajstić information content (AvgIpc) is 3.65. The van der Waals surface area contributed by atoms with Crippen LogP contribution in [0.4, 0.5) is 0 Å². The second-order valence-electron chi connectivity index (χ2n) is 13.5. The van der Waals surface area contributed by atoms with Gasteiger partial charge >= 0.3 is 0 Å². The van der Waals surface area contributed by atoms with Gasteiger partial charge in [0.25, 0.3) is 0 Å². The highest BCUT2D eigenvalue weighted by atomic mass is 14.7. The van der Waals surface area contributed by atoms with Crippen molar-refractivity contribution in [2.75, 3.05) is 0 Å². The van der Waals surface area contributed by atoms with Gasteiger partial charge in [0, 0.05) is 59.4 Å². The van der Waals surface area contributed by atoms with Gasteiger partial charge in [-0.1, -0.05) is 151 Å². The zero-order chi connectivity index (χ0) is 41.2. The highest BCUT2D eigenvalue weighted by molar-refractivity contribution is 6.10. The third-order valence-electron chi connectivity index (χ3n) is 10.6. The number of fused-ring (bicyclic) bond motifs is 5. The van der Waals surface area contributed by atoms with E-state index in [2.05, 4.69) is 143 Å². The molecule has 0 aliphatic heterocycles. The lowest BCUT2D eigenvalue weighted by Gasteiger charge is -2.34. The molecule has 0 saturated heterocycles. The zero-order valence-corrected chi connectivity index (χ0v) is 34.8. The molecule has 0 atom stereocenters. The molecule has 10 rings (SSSR count). The molecule has 4 aromatic heterocycles. The second-order valence-corrected chi connectivity index (χ2v) is 13.5. The van der Waals surface area contributed by atoms with Crippen molar-refractivity contribution in [3.8, 4) is 55.9 Å². The van der Waals surface area contributed by atoms with E-state index in [0.29, 0.717) is 0 Å². The molecular weight excluding hydrogens is 717 g/mol. The van der Waals surface area contributed by atoms with Crippen LogP contribution in [0.2, 0.25) is 0 Å². The Morgan fingerprint density at radius 2 is 0.864 bits per heavy atom. The van der Waals surface area contributed by atoms with Gasteiger partial charge in [-0.3, -0.25) is 19.9 Å². The average molecular weight is 767 g/mol. The maximum Gasteiger partial charge on any atom is 0.0717 e. The third kappa shape index (κ3) is 7.35. The first-order valence-corrected chi connectivity index (χ1v) is 20.8. The minimum absolute atomic E-state index is 0.589. The summed E-state index contributed by atoms with van der Waals surface area (Å²) in [5, 5.41) is 2.42. The number of rotatable bonds is 6. The van der Waals surface area contributed by atoms with Gasteiger partial charge in [0.1, 0.15) is 0 Å². The van der Waals surface area contributed by atoms with Crippen molar-refractivity contribution in [1.82, 2.24) is 19.9 Å². The summed E-state index contributed by atoms with van der Waals surface area (Å²) in [5.41, 5.74) is 15.1. The van der Waals surface area contributed by atoms with Gasteiger partial charge < -0.3 is 0 Å². The van der Waals surface area contributed by atoms with Crippen LogP contribution in [-0.4, -0.2) is 19.9 Å². The number of pyridine rings is 4. The SMILES string of the molecule is CC.CC.CC.c1ccc(C2(c3ccccc3)c3cc(-c4ccc(-c5cccnc5)nc4)ccc3-c3c2cc(-c2ccc(-c4cccnc4)nc2)c2ccccc32)cc1. The Morgan fingerprint density at radius 3 is 1.37 bits per heavy atom. The molecule has 0 saturated carbocycles. The van der Waals surface area contributed by atoms with Crippen LogP contribution in [-0.2, 0) is 5.41 Å². The van der Waals surface area contributed by atoms with Gasteiger partial charge in [0.15, 0.2) is 0 Å². The van der Waals surface area contributed by atoms with E-state index in [9.17, 15) is 0 Å². The maximum atomic E-state index is 4.94. The van der Waals surface area contributed by atoms with Gasteiger partial charge in [-0.2, -0.15) is 0 Å². The van der Waals surface area contributed by atoms with Gasteiger partial charge in [0.05, 0.1) is 16.8 Å². The molecular formula is C55H50N4. The fourth-order valence-electron chi connectivity index (χ4n) is 8.25. The molecule has 4 heterocycles. The molecule has 0 fully saturated rings. The Labute approximate surface area is 349 Å². The van der Waals surface area contributed by atoms with Gasteiger partial charge in [-0.05, 0) is 104 Å². The van der Waals surface area contributed by atoms with E-state index < -0.39 is 5.41 Å². The summed E-state index contributed by atoms with van der Waals surface area (Å²) in [5.74, 6) is 0. The Hall–Kier alpha value is -7.04. The number of benzene rings is 5. The van der Waals surface area contributed by atoms with Gasteiger partial charge in [-0.25, -0.2) is 0 Å². The molecule has 9 aromatic rings. The van der Waals surface area contributed by atoms with Crippen molar-refractivity contribution in [3.63, 3.8) is 0 Å². The topological polar surface area (TPSA) is 51.6 Å². The monoisotopic (exact) mass is 766 g/mol. The smallest absolute Gasteiger partial charge is 0.0717 e. The van der Waals surface area contributed by atoms with Crippen molar-refractivity contribution in [2.24, 2.45) is 0 Å². The summed E-state index contributed by atoms with van der Waals surface area (Å²) in [6.07, 6.45) is 11.3. The Balaban J connectivity index is 0.000000844. The maximum absolute atomic E-state index is 4.94. The molecule has 4 heteroatoms. The highest BCUT2D eigenvalue weighted by Gasteiger charge is 2.47. The highest BCUT2D eigenvalue weighted by Crippen LogP contribution is 2.59. The largest absolute Gasteiger partial charge is 0.264 e. The summed E-state index contributed by atoms with van der Waals surface area (Å²) >= 11 is 0. The lowest BCUT2D eigenvalue weighted by Crippen LogP contribution is -2.28. The molecule has 0 radical (unpaired) electrons. The first-order valence-electron chi connectivity index (χ1n) is 20.8. The fraction of sp³-hybridized carbons (Fsp3) is 0.127. The Bertz CT molecular complexity index is 2690. The number of hydrogen-bond acceptors (Lipinski definition) is 4. The Morgan fingerprint density at radius 1 is 0.356 bits per heavy atom. The molecule has 0 N–H and O–H groups in total. The first kappa shape index (κ1) is 40.2. The summed E-state index contributed by atoms with van der Waals surface area (Å²) in [6.45, 7) is 12.0. The van der Waals surface area contributed by atoms with E-state index in [1.165, 1.54) is 44.2 Å². The van der Waals surface area contributed by atoms with E-state index in [-0.39, 0.29) is 0 Å².